The number of hydrogen-bond donors (Lipinski definition) is 0. The fraction of sp³-hybridized carbons (Fsp3) is 0.375. The summed E-state index contributed by atoms with van der Waals surface area (Å²) in [5, 5.41) is 2.51. The van der Waals surface area contributed by atoms with Gasteiger partial charge in [-0.25, -0.2) is 0 Å². The normalized spacial score (nSPS) is 18.2. The lowest BCUT2D eigenvalue weighted by atomic mass is 9.92. The average molecular weight is 241 g/mol. The Morgan fingerprint density at radius 2 is 2.06 bits per heavy atom. The van der Waals surface area contributed by atoms with Gasteiger partial charge in [-0.2, -0.15) is 0 Å². The zero-order chi connectivity index (χ0) is 12.4. The molecule has 2 aromatic rings. The minimum atomic E-state index is 0.575. The van der Waals surface area contributed by atoms with Gasteiger partial charge in [-0.15, -0.1) is 6.58 Å². The summed E-state index contributed by atoms with van der Waals surface area (Å²) in [6, 6.07) is 8.45. The van der Waals surface area contributed by atoms with E-state index in [1.165, 1.54) is 29.4 Å². The van der Waals surface area contributed by atoms with Crippen LogP contribution in [-0.4, -0.2) is 24.5 Å². The molecule has 0 aliphatic carbocycles. The van der Waals surface area contributed by atoms with Gasteiger partial charge in [0.1, 0.15) is 5.76 Å². The highest BCUT2D eigenvalue weighted by Gasteiger charge is 2.23. The summed E-state index contributed by atoms with van der Waals surface area (Å²) in [5.74, 6) is 1.76. The summed E-state index contributed by atoms with van der Waals surface area (Å²) < 4.78 is 5.81. The van der Waals surface area contributed by atoms with E-state index in [2.05, 4.69) is 35.7 Å². The van der Waals surface area contributed by atoms with E-state index in [0.717, 1.165) is 19.6 Å². The molecule has 0 atom stereocenters. The van der Waals surface area contributed by atoms with Gasteiger partial charge in [0.2, 0.25) is 0 Å². The van der Waals surface area contributed by atoms with E-state index in [-0.39, 0.29) is 0 Å². The van der Waals surface area contributed by atoms with Crippen LogP contribution in [0.1, 0.15) is 24.5 Å². The van der Waals surface area contributed by atoms with Gasteiger partial charge in [0, 0.05) is 23.2 Å². The van der Waals surface area contributed by atoms with Gasteiger partial charge in [0.05, 0.1) is 6.26 Å². The Labute approximate surface area is 108 Å². The minimum absolute atomic E-state index is 0.575. The smallest absolute Gasteiger partial charge is 0.114 e. The molecule has 1 fully saturated rings. The summed E-state index contributed by atoms with van der Waals surface area (Å²) in [6.45, 7) is 7.10. The number of fused-ring (bicyclic) bond motifs is 1. The van der Waals surface area contributed by atoms with Crippen LogP contribution in [0.4, 0.5) is 0 Å². The number of hydrogen-bond acceptors (Lipinski definition) is 2. The van der Waals surface area contributed by atoms with Crippen LogP contribution in [0.15, 0.2) is 47.6 Å². The molecular formula is C16H19NO. The molecule has 1 aliphatic heterocycles. The Balaban J connectivity index is 1.78. The fourth-order valence-corrected chi connectivity index (χ4v) is 2.89. The van der Waals surface area contributed by atoms with Gasteiger partial charge in [-0.3, -0.25) is 4.90 Å². The van der Waals surface area contributed by atoms with E-state index in [1.807, 2.05) is 12.3 Å². The number of likely N-dealkylation sites (tertiary alicyclic amines) is 1. The Bertz CT molecular complexity index is 535. The van der Waals surface area contributed by atoms with Crippen LogP contribution in [0.25, 0.3) is 10.8 Å². The molecule has 1 aliphatic rings. The number of benzene rings is 1. The number of nitrogens with zero attached hydrogens (tertiary/aromatic N) is 1. The second-order valence-corrected chi connectivity index (χ2v) is 5.05. The van der Waals surface area contributed by atoms with Gasteiger partial charge in [-0.05, 0) is 25.9 Å². The van der Waals surface area contributed by atoms with Crippen molar-refractivity contribution in [3.8, 4) is 0 Å². The molecule has 0 radical (unpaired) electrons. The molecule has 0 spiro atoms. The van der Waals surface area contributed by atoms with Crippen molar-refractivity contribution in [2.24, 2.45) is 0 Å². The highest BCUT2D eigenvalue weighted by atomic mass is 16.3. The van der Waals surface area contributed by atoms with Crippen LogP contribution in [0.3, 0.4) is 0 Å². The molecule has 0 amide bonds. The van der Waals surface area contributed by atoms with Crippen LogP contribution in [0.2, 0.25) is 0 Å². The molecule has 94 valence electrons. The van der Waals surface area contributed by atoms with E-state index < -0.39 is 0 Å². The van der Waals surface area contributed by atoms with Crippen molar-refractivity contribution in [1.29, 1.82) is 0 Å². The van der Waals surface area contributed by atoms with Crippen molar-refractivity contribution in [3.63, 3.8) is 0 Å². The first kappa shape index (κ1) is 11.5. The molecule has 1 aromatic heterocycles. The second-order valence-electron chi connectivity index (χ2n) is 5.05. The maximum absolute atomic E-state index is 5.81. The van der Waals surface area contributed by atoms with E-state index in [9.17, 15) is 0 Å². The highest BCUT2D eigenvalue weighted by molar-refractivity contribution is 5.84. The largest absolute Gasteiger partial charge is 0.468 e. The quantitative estimate of drug-likeness (QED) is 0.760. The van der Waals surface area contributed by atoms with Crippen LogP contribution in [0, 0.1) is 0 Å². The first-order valence-corrected chi connectivity index (χ1v) is 6.68. The molecule has 0 saturated carbocycles. The van der Waals surface area contributed by atoms with Crippen molar-refractivity contribution < 1.29 is 4.42 Å². The van der Waals surface area contributed by atoms with E-state index in [4.69, 9.17) is 4.42 Å². The lowest BCUT2D eigenvalue weighted by Crippen LogP contribution is -2.32. The summed E-state index contributed by atoms with van der Waals surface area (Å²) in [5.41, 5.74) is 0. The number of rotatable bonds is 3. The molecule has 2 heterocycles. The highest BCUT2D eigenvalue weighted by Crippen LogP contribution is 2.34. The van der Waals surface area contributed by atoms with Gasteiger partial charge >= 0.3 is 0 Å². The van der Waals surface area contributed by atoms with Crippen molar-refractivity contribution in [3.05, 3.63) is 48.9 Å². The second kappa shape index (κ2) is 4.99. The zero-order valence-electron chi connectivity index (χ0n) is 10.6. The first-order chi connectivity index (χ1) is 8.88. The predicted molar refractivity (Wildman–Crippen MR) is 74.8 cm³/mol. The Morgan fingerprint density at radius 3 is 2.83 bits per heavy atom. The van der Waals surface area contributed by atoms with Crippen molar-refractivity contribution in [2.45, 2.75) is 18.8 Å². The monoisotopic (exact) mass is 241 g/mol. The van der Waals surface area contributed by atoms with Crippen LogP contribution >= 0.6 is 0 Å². The average Bonchev–Trinajstić information content (AvgIpc) is 2.84. The maximum Gasteiger partial charge on any atom is 0.114 e. The summed E-state index contributed by atoms with van der Waals surface area (Å²) in [7, 11) is 0. The molecular weight excluding hydrogens is 222 g/mol. The van der Waals surface area contributed by atoms with E-state index in [0.29, 0.717) is 5.92 Å². The third-order valence-electron chi connectivity index (χ3n) is 3.88. The third kappa shape index (κ3) is 2.08. The zero-order valence-corrected chi connectivity index (χ0v) is 10.6. The van der Waals surface area contributed by atoms with Gasteiger partial charge in [-0.1, -0.05) is 30.3 Å². The molecule has 18 heavy (non-hydrogen) atoms. The molecule has 1 saturated heterocycles. The fourth-order valence-electron chi connectivity index (χ4n) is 2.89. The Hall–Kier alpha value is -1.54. The van der Waals surface area contributed by atoms with Crippen molar-refractivity contribution in [1.82, 2.24) is 4.90 Å². The molecule has 2 nitrogen and oxygen atoms in total. The predicted octanol–water partition coefficient (Wildman–Crippen LogP) is 3.80. The van der Waals surface area contributed by atoms with Gasteiger partial charge in [0.25, 0.3) is 0 Å². The lowest BCUT2D eigenvalue weighted by molar-refractivity contribution is 0.221. The Morgan fingerprint density at radius 1 is 1.28 bits per heavy atom. The number of piperidine rings is 1. The molecule has 0 N–H and O–H groups in total. The minimum Gasteiger partial charge on any atom is -0.468 e. The van der Waals surface area contributed by atoms with Gasteiger partial charge in [0.15, 0.2) is 0 Å². The SMILES string of the molecule is C=CCN1CCC(c2occ3ccccc23)CC1. The third-order valence-corrected chi connectivity index (χ3v) is 3.88. The van der Waals surface area contributed by atoms with Crippen molar-refractivity contribution in [2.75, 3.05) is 19.6 Å². The maximum atomic E-state index is 5.81. The molecule has 0 bridgehead atoms. The van der Waals surface area contributed by atoms with Crippen molar-refractivity contribution >= 4 is 10.8 Å². The first-order valence-electron chi connectivity index (χ1n) is 6.68. The van der Waals surface area contributed by atoms with E-state index in [1.54, 1.807) is 0 Å². The van der Waals surface area contributed by atoms with Crippen LogP contribution in [0.5, 0.6) is 0 Å². The molecule has 1 aromatic carbocycles. The van der Waals surface area contributed by atoms with Gasteiger partial charge < -0.3 is 4.42 Å². The molecule has 3 rings (SSSR count). The molecule has 2 heteroatoms. The van der Waals surface area contributed by atoms with Crippen LogP contribution in [-0.2, 0) is 0 Å². The summed E-state index contributed by atoms with van der Waals surface area (Å²) in [4.78, 5) is 2.45. The van der Waals surface area contributed by atoms with Crippen LogP contribution < -0.4 is 0 Å². The number of furan rings is 1. The molecule has 0 unspecified atom stereocenters. The summed E-state index contributed by atoms with van der Waals surface area (Å²) >= 11 is 0. The standard InChI is InChI=1S/C16H19NO/c1-2-9-17-10-7-13(8-11-17)16-15-6-4-3-5-14(15)12-18-16/h2-6,12-13H,1,7-11H2. The Kier molecular flexibility index (Phi) is 3.20. The topological polar surface area (TPSA) is 16.4 Å². The lowest BCUT2D eigenvalue weighted by Gasteiger charge is -2.30. The summed E-state index contributed by atoms with van der Waals surface area (Å²) in [6.07, 6.45) is 6.25. The van der Waals surface area contributed by atoms with E-state index >= 15 is 0 Å².